The van der Waals surface area contributed by atoms with Crippen molar-refractivity contribution in [1.29, 1.82) is 0 Å². The predicted molar refractivity (Wildman–Crippen MR) is 84.5 cm³/mol. The van der Waals surface area contributed by atoms with Gasteiger partial charge in [0.25, 0.3) is 0 Å². The molecule has 0 bridgehead atoms. The SMILES string of the molecule is Cc1c(Br)cnc2nc(N3CCN(C)CC3)c(Cl)nc12. The second-order valence-electron chi connectivity index (χ2n) is 5.03. The van der Waals surface area contributed by atoms with Gasteiger partial charge in [0.05, 0.1) is 0 Å². The van der Waals surface area contributed by atoms with Crippen molar-refractivity contribution >= 4 is 44.5 Å². The second-order valence-corrected chi connectivity index (χ2v) is 6.24. The average Bonchev–Trinajstić information content (AvgIpc) is 2.44. The van der Waals surface area contributed by atoms with Crippen molar-refractivity contribution in [3.05, 3.63) is 21.4 Å². The highest BCUT2D eigenvalue weighted by atomic mass is 79.9. The third-order valence-corrected chi connectivity index (χ3v) is 4.69. The van der Waals surface area contributed by atoms with Crippen LogP contribution in [-0.4, -0.2) is 53.1 Å². The number of hydrogen-bond acceptors (Lipinski definition) is 5. The van der Waals surface area contributed by atoms with Gasteiger partial charge >= 0.3 is 0 Å². The molecule has 1 fully saturated rings. The van der Waals surface area contributed by atoms with Gasteiger partial charge < -0.3 is 9.80 Å². The Morgan fingerprint density at radius 2 is 1.90 bits per heavy atom. The molecule has 3 heterocycles. The van der Waals surface area contributed by atoms with Crippen LogP contribution >= 0.6 is 27.5 Å². The first-order chi connectivity index (χ1) is 9.56. The number of halogens is 2. The molecule has 1 aliphatic heterocycles. The Bertz CT molecular complexity index is 655. The molecule has 0 aliphatic carbocycles. The molecule has 5 nitrogen and oxygen atoms in total. The van der Waals surface area contributed by atoms with Gasteiger partial charge in [0.1, 0.15) is 5.52 Å². The van der Waals surface area contributed by atoms with Crippen molar-refractivity contribution in [2.75, 3.05) is 38.1 Å². The van der Waals surface area contributed by atoms with Crippen LogP contribution in [0.2, 0.25) is 5.15 Å². The highest BCUT2D eigenvalue weighted by Crippen LogP contribution is 2.28. The third kappa shape index (κ3) is 2.47. The van der Waals surface area contributed by atoms with Crippen LogP contribution in [-0.2, 0) is 0 Å². The van der Waals surface area contributed by atoms with E-state index >= 15 is 0 Å². The first kappa shape index (κ1) is 14.0. The van der Waals surface area contributed by atoms with Crippen molar-refractivity contribution in [3.8, 4) is 0 Å². The van der Waals surface area contributed by atoms with Gasteiger partial charge in [-0.25, -0.2) is 15.0 Å². The molecule has 0 saturated carbocycles. The molecule has 2 aromatic heterocycles. The van der Waals surface area contributed by atoms with Gasteiger partial charge in [0.2, 0.25) is 0 Å². The lowest BCUT2D eigenvalue weighted by atomic mass is 10.2. The monoisotopic (exact) mass is 355 g/mol. The number of anilines is 1. The van der Waals surface area contributed by atoms with Crippen LogP contribution in [0.15, 0.2) is 10.7 Å². The summed E-state index contributed by atoms with van der Waals surface area (Å²) in [5, 5.41) is 0.449. The largest absolute Gasteiger partial charge is 0.351 e. The Labute approximate surface area is 131 Å². The minimum absolute atomic E-state index is 0.449. The van der Waals surface area contributed by atoms with Crippen molar-refractivity contribution in [3.63, 3.8) is 0 Å². The lowest BCUT2D eigenvalue weighted by Gasteiger charge is -2.33. The van der Waals surface area contributed by atoms with E-state index in [1.807, 2.05) is 6.92 Å². The van der Waals surface area contributed by atoms with Crippen molar-refractivity contribution < 1.29 is 0 Å². The molecule has 0 unspecified atom stereocenters. The van der Waals surface area contributed by atoms with Crippen LogP contribution in [0.25, 0.3) is 11.2 Å². The number of pyridine rings is 1. The summed E-state index contributed by atoms with van der Waals surface area (Å²) in [7, 11) is 2.12. The Hall–Kier alpha value is -0.980. The lowest BCUT2D eigenvalue weighted by molar-refractivity contribution is 0.312. The molecule has 0 N–H and O–H groups in total. The topological polar surface area (TPSA) is 45.2 Å². The standard InChI is InChI=1S/C13H15BrClN5/c1-8-9(14)7-16-12-10(8)17-11(15)13(18-12)20-5-3-19(2)4-6-20/h7H,3-6H2,1-2H3. The van der Waals surface area contributed by atoms with Crippen LogP contribution in [0, 0.1) is 6.92 Å². The lowest BCUT2D eigenvalue weighted by Crippen LogP contribution is -2.45. The maximum atomic E-state index is 6.33. The molecule has 0 radical (unpaired) electrons. The quantitative estimate of drug-likeness (QED) is 0.785. The van der Waals surface area contributed by atoms with E-state index < -0.39 is 0 Å². The fraction of sp³-hybridized carbons (Fsp3) is 0.462. The highest BCUT2D eigenvalue weighted by molar-refractivity contribution is 9.10. The smallest absolute Gasteiger partial charge is 0.180 e. The van der Waals surface area contributed by atoms with E-state index in [0.717, 1.165) is 47.5 Å². The number of nitrogens with zero attached hydrogens (tertiary/aromatic N) is 5. The normalized spacial score (nSPS) is 16.9. The number of rotatable bonds is 1. The molecule has 1 aliphatic rings. The molecule has 106 valence electrons. The van der Waals surface area contributed by atoms with Crippen molar-refractivity contribution in [1.82, 2.24) is 19.9 Å². The molecule has 20 heavy (non-hydrogen) atoms. The molecule has 0 amide bonds. The van der Waals surface area contributed by atoms with Gasteiger partial charge in [-0.2, -0.15) is 0 Å². The van der Waals surface area contributed by atoms with E-state index in [0.29, 0.717) is 10.8 Å². The van der Waals surface area contributed by atoms with Gasteiger partial charge in [-0.05, 0) is 35.5 Å². The van der Waals surface area contributed by atoms with Crippen molar-refractivity contribution in [2.24, 2.45) is 0 Å². The average molecular weight is 357 g/mol. The van der Waals surface area contributed by atoms with Gasteiger partial charge in [-0.3, -0.25) is 0 Å². The third-order valence-electron chi connectivity index (χ3n) is 3.63. The molecule has 0 spiro atoms. The second kappa shape index (κ2) is 5.42. The molecule has 3 rings (SSSR count). The van der Waals surface area contributed by atoms with E-state index in [4.69, 9.17) is 11.6 Å². The maximum Gasteiger partial charge on any atom is 0.180 e. The molecule has 0 atom stereocenters. The van der Waals surface area contributed by atoms with Gasteiger partial charge in [0.15, 0.2) is 16.6 Å². The summed E-state index contributed by atoms with van der Waals surface area (Å²) in [4.78, 5) is 17.9. The molecular weight excluding hydrogens is 342 g/mol. The summed E-state index contributed by atoms with van der Waals surface area (Å²) in [6.45, 7) is 5.80. The maximum absolute atomic E-state index is 6.33. The summed E-state index contributed by atoms with van der Waals surface area (Å²) in [6, 6.07) is 0. The van der Waals surface area contributed by atoms with Gasteiger partial charge in [-0.1, -0.05) is 11.6 Å². The number of piperazine rings is 1. The molecule has 0 aromatic carbocycles. The van der Waals surface area contributed by atoms with E-state index in [1.165, 1.54) is 0 Å². The van der Waals surface area contributed by atoms with E-state index in [2.05, 4.69) is 47.7 Å². The van der Waals surface area contributed by atoms with E-state index in [-0.39, 0.29) is 0 Å². The summed E-state index contributed by atoms with van der Waals surface area (Å²) in [5.74, 6) is 0.737. The van der Waals surface area contributed by atoms with Crippen LogP contribution in [0.4, 0.5) is 5.82 Å². The minimum atomic E-state index is 0.449. The number of aryl methyl sites for hydroxylation is 1. The van der Waals surface area contributed by atoms with Crippen LogP contribution < -0.4 is 4.90 Å². The summed E-state index contributed by atoms with van der Waals surface area (Å²) < 4.78 is 0.919. The molecule has 7 heteroatoms. The zero-order chi connectivity index (χ0) is 14.3. The van der Waals surface area contributed by atoms with Gasteiger partial charge in [0, 0.05) is 36.8 Å². The fourth-order valence-corrected chi connectivity index (χ4v) is 2.82. The summed E-state index contributed by atoms with van der Waals surface area (Å²) in [5.41, 5.74) is 2.40. The van der Waals surface area contributed by atoms with E-state index in [1.54, 1.807) is 6.20 Å². The predicted octanol–water partition coefficient (Wildman–Crippen LogP) is 2.50. The Kier molecular flexibility index (Phi) is 3.79. The zero-order valence-corrected chi connectivity index (χ0v) is 13.7. The molecule has 1 saturated heterocycles. The number of aromatic nitrogens is 3. The molecular formula is C13H15BrClN5. The summed E-state index contributed by atoms with van der Waals surface area (Å²) >= 11 is 9.78. The summed E-state index contributed by atoms with van der Waals surface area (Å²) in [6.07, 6.45) is 1.76. The van der Waals surface area contributed by atoms with Gasteiger partial charge in [-0.15, -0.1) is 0 Å². The van der Waals surface area contributed by atoms with E-state index in [9.17, 15) is 0 Å². The molecule has 2 aromatic rings. The Morgan fingerprint density at radius 3 is 2.60 bits per heavy atom. The minimum Gasteiger partial charge on any atom is -0.351 e. The van der Waals surface area contributed by atoms with Crippen LogP contribution in [0.3, 0.4) is 0 Å². The number of likely N-dealkylation sites (N-methyl/N-ethyl adjacent to an activating group) is 1. The number of fused-ring (bicyclic) bond motifs is 1. The van der Waals surface area contributed by atoms with Crippen LogP contribution in [0.5, 0.6) is 0 Å². The van der Waals surface area contributed by atoms with Crippen LogP contribution in [0.1, 0.15) is 5.56 Å². The number of hydrogen-bond donors (Lipinski definition) is 0. The fourth-order valence-electron chi connectivity index (χ4n) is 2.29. The van der Waals surface area contributed by atoms with Crippen molar-refractivity contribution in [2.45, 2.75) is 6.92 Å². The Balaban J connectivity index is 2.04. The highest BCUT2D eigenvalue weighted by Gasteiger charge is 2.20. The first-order valence-electron chi connectivity index (χ1n) is 6.48. The zero-order valence-electron chi connectivity index (χ0n) is 11.4. The first-order valence-corrected chi connectivity index (χ1v) is 7.65. The Morgan fingerprint density at radius 1 is 1.20 bits per heavy atom.